The van der Waals surface area contributed by atoms with E-state index in [1.54, 1.807) is 6.92 Å². The van der Waals surface area contributed by atoms with Crippen molar-refractivity contribution in [3.05, 3.63) is 59.7 Å². The van der Waals surface area contributed by atoms with Crippen LogP contribution in [0.25, 0.3) is 11.1 Å². The summed E-state index contributed by atoms with van der Waals surface area (Å²) in [6, 6.07) is 14.2. The molecule has 0 aliphatic heterocycles. The topological polar surface area (TPSA) is 105 Å². The number of carbonyl (C=O) groups excluding carboxylic acids is 2. The van der Waals surface area contributed by atoms with Gasteiger partial charge in [0.2, 0.25) is 5.91 Å². The van der Waals surface area contributed by atoms with Crippen LogP contribution < -0.4 is 10.6 Å². The quantitative estimate of drug-likeness (QED) is 0.476. The fourth-order valence-electron chi connectivity index (χ4n) is 4.40. The predicted octanol–water partition coefficient (Wildman–Crippen LogP) is 4.56. The van der Waals surface area contributed by atoms with Crippen molar-refractivity contribution < 1.29 is 24.2 Å². The second kappa shape index (κ2) is 11.2. The molecule has 7 nitrogen and oxygen atoms in total. The number of aliphatic carboxylic acids is 1. The Labute approximate surface area is 200 Å². The molecule has 0 heterocycles. The Balaban J connectivity index is 1.69. The molecule has 0 spiro atoms. The van der Waals surface area contributed by atoms with Gasteiger partial charge in [-0.3, -0.25) is 4.79 Å². The zero-order chi connectivity index (χ0) is 24.8. The van der Waals surface area contributed by atoms with Crippen molar-refractivity contribution in [2.24, 2.45) is 11.8 Å². The van der Waals surface area contributed by atoms with Crippen molar-refractivity contribution in [3.8, 4) is 11.1 Å². The Kier molecular flexibility index (Phi) is 8.31. The number of alkyl carbamates (subject to hydrolysis) is 1. The molecule has 0 saturated carbocycles. The predicted molar refractivity (Wildman–Crippen MR) is 130 cm³/mol. The van der Waals surface area contributed by atoms with Crippen molar-refractivity contribution >= 4 is 18.0 Å². The first-order valence-electron chi connectivity index (χ1n) is 11.9. The van der Waals surface area contributed by atoms with Crippen LogP contribution in [0, 0.1) is 11.8 Å². The SMILES string of the molecule is CCC(C)[C@H](NC(=O)[C@@H](NC(=O)OCC1c2ccccc2-c2ccccc21)[C@@H](C)CC)C(=O)O. The molecule has 0 fully saturated rings. The van der Waals surface area contributed by atoms with Crippen molar-refractivity contribution in [1.29, 1.82) is 0 Å². The van der Waals surface area contributed by atoms with Crippen molar-refractivity contribution in [2.75, 3.05) is 6.61 Å². The minimum Gasteiger partial charge on any atom is -0.480 e. The van der Waals surface area contributed by atoms with E-state index < -0.39 is 30.1 Å². The van der Waals surface area contributed by atoms with E-state index >= 15 is 0 Å². The number of fused-ring (bicyclic) bond motifs is 3. The molecule has 182 valence electrons. The molecule has 1 unspecified atom stereocenters. The van der Waals surface area contributed by atoms with Gasteiger partial charge in [0, 0.05) is 5.92 Å². The van der Waals surface area contributed by atoms with Crippen LogP contribution in [0.15, 0.2) is 48.5 Å². The van der Waals surface area contributed by atoms with Gasteiger partial charge in [0.05, 0.1) is 0 Å². The number of rotatable bonds is 10. The van der Waals surface area contributed by atoms with Gasteiger partial charge in [-0.1, -0.05) is 89.1 Å². The first-order chi connectivity index (χ1) is 16.3. The maximum absolute atomic E-state index is 13.0. The van der Waals surface area contributed by atoms with Gasteiger partial charge in [-0.2, -0.15) is 0 Å². The highest BCUT2D eigenvalue weighted by molar-refractivity contribution is 5.89. The van der Waals surface area contributed by atoms with Crippen LogP contribution in [0.2, 0.25) is 0 Å². The minimum atomic E-state index is -1.09. The molecular formula is C27H34N2O5. The van der Waals surface area contributed by atoms with Gasteiger partial charge >= 0.3 is 12.1 Å². The lowest BCUT2D eigenvalue weighted by molar-refractivity contribution is -0.143. The summed E-state index contributed by atoms with van der Waals surface area (Å²) in [6.45, 7) is 7.53. The summed E-state index contributed by atoms with van der Waals surface area (Å²) in [7, 11) is 0. The number of amides is 2. The van der Waals surface area contributed by atoms with E-state index in [4.69, 9.17) is 4.74 Å². The van der Waals surface area contributed by atoms with Crippen LogP contribution in [0.1, 0.15) is 57.6 Å². The third kappa shape index (κ3) is 5.41. The van der Waals surface area contributed by atoms with Crippen LogP contribution in [0.3, 0.4) is 0 Å². The lowest BCUT2D eigenvalue weighted by Gasteiger charge is -2.27. The molecule has 3 N–H and O–H groups in total. The molecule has 0 bridgehead atoms. The lowest BCUT2D eigenvalue weighted by atomic mass is 9.95. The molecule has 1 aliphatic rings. The molecule has 2 aromatic carbocycles. The van der Waals surface area contributed by atoms with Gasteiger partial charge in [0.15, 0.2) is 0 Å². The van der Waals surface area contributed by atoms with Gasteiger partial charge < -0.3 is 20.5 Å². The van der Waals surface area contributed by atoms with Crippen molar-refractivity contribution in [3.63, 3.8) is 0 Å². The Hall–Kier alpha value is -3.35. The molecule has 34 heavy (non-hydrogen) atoms. The second-order valence-electron chi connectivity index (χ2n) is 9.04. The molecule has 1 aliphatic carbocycles. The third-order valence-electron chi connectivity index (χ3n) is 6.89. The van der Waals surface area contributed by atoms with E-state index in [1.807, 2.05) is 57.2 Å². The van der Waals surface area contributed by atoms with Gasteiger partial charge in [0.1, 0.15) is 18.7 Å². The summed E-state index contributed by atoms with van der Waals surface area (Å²) in [4.78, 5) is 37.3. The first-order valence-corrected chi connectivity index (χ1v) is 11.9. The summed E-state index contributed by atoms with van der Waals surface area (Å²) in [5.41, 5.74) is 4.47. The third-order valence-corrected chi connectivity index (χ3v) is 6.89. The molecule has 0 aromatic heterocycles. The number of benzene rings is 2. The average molecular weight is 467 g/mol. The fraction of sp³-hybridized carbons (Fsp3) is 0.444. The molecule has 2 amide bonds. The summed E-state index contributed by atoms with van der Waals surface area (Å²) in [6.07, 6.45) is 0.533. The smallest absolute Gasteiger partial charge is 0.407 e. The minimum absolute atomic E-state index is 0.0872. The van der Waals surface area contributed by atoms with E-state index in [0.29, 0.717) is 12.8 Å². The fourth-order valence-corrected chi connectivity index (χ4v) is 4.40. The highest BCUT2D eigenvalue weighted by Crippen LogP contribution is 2.44. The summed E-state index contributed by atoms with van der Waals surface area (Å²) in [5.74, 6) is -2.14. The van der Waals surface area contributed by atoms with Crippen LogP contribution >= 0.6 is 0 Å². The Bertz CT molecular complexity index is 992. The number of carboxylic acids is 1. The van der Waals surface area contributed by atoms with Gasteiger partial charge in [0.25, 0.3) is 0 Å². The average Bonchev–Trinajstić information content (AvgIpc) is 3.17. The summed E-state index contributed by atoms with van der Waals surface area (Å²) < 4.78 is 5.59. The van der Waals surface area contributed by atoms with E-state index in [2.05, 4.69) is 22.8 Å². The van der Waals surface area contributed by atoms with Gasteiger partial charge in [-0.05, 0) is 34.1 Å². The Morgan fingerprint density at radius 1 is 0.853 bits per heavy atom. The monoisotopic (exact) mass is 466 g/mol. The standard InChI is InChI=1S/C27H34N2O5/c1-5-16(3)23(25(30)28-24(26(31)32)17(4)6-2)29-27(33)34-15-22-20-13-9-7-11-18(20)19-12-8-10-14-21(19)22/h7-14,16-17,22-24H,5-6,15H2,1-4H3,(H,28,30)(H,29,33)(H,31,32)/t16-,17?,23-,24-/m0/s1. The molecule has 4 atom stereocenters. The molecule has 7 heteroatoms. The number of carbonyl (C=O) groups is 3. The molecule has 2 aromatic rings. The van der Waals surface area contributed by atoms with Crippen molar-refractivity contribution in [2.45, 2.75) is 58.5 Å². The number of ether oxygens (including phenoxy) is 1. The zero-order valence-corrected chi connectivity index (χ0v) is 20.2. The number of carboxylic acid groups (broad SMARTS) is 1. The Morgan fingerprint density at radius 3 is 1.85 bits per heavy atom. The highest BCUT2D eigenvalue weighted by atomic mass is 16.5. The number of hydrogen-bond donors (Lipinski definition) is 3. The molecule has 0 saturated heterocycles. The normalized spacial score (nSPS) is 15.9. The largest absolute Gasteiger partial charge is 0.480 e. The van der Waals surface area contributed by atoms with E-state index in [-0.39, 0.29) is 24.4 Å². The molecule has 0 radical (unpaired) electrons. The molecule has 3 rings (SSSR count). The number of nitrogens with one attached hydrogen (secondary N) is 2. The lowest BCUT2D eigenvalue weighted by Crippen LogP contribution is -2.55. The van der Waals surface area contributed by atoms with E-state index in [9.17, 15) is 19.5 Å². The Morgan fingerprint density at radius 2 is 1.35 bits per heavy atom. The van der Waals surface area contributed by atoms with Crippen LogP contribution in [-0.4, -0.2) is 41.8 Å². The van der Waals surface area contributed by atoms with Crippen molar-refractivity contribution in [1.82, 2.24) is 10.6 Å². The van der Waals surface area contributed by atoms with Gasteiger partial charge in [-0.25, -0.2) is 9.59 Å². The van der Waals surface area contributed by atoms with Gasteiger partial charge in [-0.15, -0.1) is 0 Å². The van der Waals surface area contributed by atoms with Crippen LogP contribution in [-0.2, 0) is 14.3 Å². The summed E-state index contributed by atoms with van der Waals surface area (Å²) >= 11 is 0. The van der Waals surface area contributed by atoms with Crippen LogP contribution in [0.5, 0.6) is 0 Å². The highest BCUT2D eigenvalue weighted by Gasteiger charge is 2.33. The second-order valence-corrected chi connectivity index (χ2v) is 9.04. The number of hydrogen-bond acceptors (Lipinski definition) is 4. The van der Waals surface area contributed by atoms with E-state index in [1.165, 1.54) is 0 Å². The molecular weight excluding hydrogens is 432 g/mol. The maximum Gasteiger partial charge on any atom is 0.407 e. The zero-order valence-electron chi connectivity index (χ0n) is 20.2. The van der Waals surface area contributed by atoms with E-state index in [0.717, 1.165) is 22.3 Å². The maximum atomic E-state index is 13.0. The first kappa shape index (κ1) is 25.3. The van der Waals surface area contributed by atoms with Crippen LogP contribution in [0.4, 0.5) is 4.79 Å². The summed E-state index contributed by atoms with van der Waals surface area (Å²) in [5, 5.41) is 14.8.